The van der Waals surface area contributed by atoms with Crippen LogP contribution in [-0.4, -0.2) is 59.4 Å². The SMILES string of the molecule is O=C(CN1CCN(C(=O)NCc2cccnc2)CC1)Nc1ccccc1. The van der Waals surface area contributed by atoms with Crippen LogP contribution in [0.25, 0.3) is 0 Å². The predicted octanol–water partition coefficient (Wildman–Crippen LogP) is 1.55. The molecule has 1 aliphatic heterocycles. The van der Waals surface area contributed by atoms with Gasteiger partial charge >= 0.3 is 6.03 Å². The predicted molar refractivity (Wildman–Crippen MR) is 99.6 cm³/mol. The summed E-state index contributed by atoms with van der Waals surface area (Å²) in [5.74, 6) is -0.0364. The van der Waals surface area contributed by atoms with Crippen LogP contribution >= 0.6 is 0 Å². The van der Waals surface area contributed by atoms with E-state index in [1.165, 1.54) is 0 Å². The van der Waals surface area contributed by atoms with Gasteiger partial charge in [0, 0.05) is 50.8 Å². The molecule has 0 bridgehead atoms. The number of aromatic nitrogens is 1. The molecule has 7 nitrogen and oxygen atoms in total. The fourth-order valence-corrected chi connectivity index (χ4v) is 2.83. The molecule has 3 rings (SSSR count). The first-order valence-corrected chi connectivity index (χ1v) is 8.69. The van der Waals surface area contributed by atoms with E-state index >= 15 is 0 Å². The first kappa shape index (κ1) is 17.9. The number of anilines is 1. The van der Waals surface area contributed by atoms with Crippen LogP contribution in [0.1, 0.15) is 5.56 Å². The number of hydrogen-bond donors (Lipinski definition) is 2. The first-order valence-electron chi connectivity index (χ1n) is 8.69. The molecule has 0 aliphatic carbocycles. The van der Waals surface area contributed by atoms with Crippen molar-refractivity contribution in [1.82, 2.24) is 20.1 Å². The van der Waals surface area contributed by atoms with Crippen molar-refractivity contribution in [2.24, 2.45) is 0 Å². The molecule has 7 heteroatoms. The number of piperazine rings is 1. The lowest BCUT2D eigenvalue weighted by Crippen LogP contribution is -2.52. The third-order valence-electron chi connectivity index (χ3n) is 4.25. The van der Waals surface area contributed by atoms with E-state index in [-0.39, 0.29) is 11.9 Å². The van der Waals surface area contributed by atoms with E-state index in [4.69, 9.17) is 0 Å². The smallest absolute Gasteiger partial charge is 0.317 e. The van der Waals surface area contributed by atoms with Crippen LogP contribution in [-0.2, 0) is 11.3 Å². The van der Waals surface area contributed by atoms with Crippen LogP contribution in [0.2, 0.25) is 0 Å². The summed E-state index contributed by atoms with van der Waals surface area (Å²) in [6.07, 6.45) is 3.45. The van der Waals surface area contributed by atoms with Gasteiger partial charge < -0.3 is 15.5 Å². The van der Waals surface area contributed by atoms with Gasteiger partial charge in [-0.25, -0.2) is 4.79 Å². The van der Waals surface area contributed by atoms with E-state index in [2.05, 4.69) is 20.5 Å². The zero-order chi connectivity index (χ0) is 18.2. The number of para-hydroxylation sites is 1. The van der Waals surface area contributed by atoms with E-state index in [0.29, 0.717) is 39.3 Å². The molecule has 1 saturated heterocycles. The van der Waals surface area contributed by atoms with E-state index in [1.807, 2.05) is 42.5 Å². The molecule has 1 aromatic heterocycles. The molecule has 136 valence electrons. The molecule has 2 aromatic rings. The lowest BCUT2D eigenvalue weighted by atomic mass is 10.3. The molecule has 1 aliphatic rings. The van der Waals surface area contributed by atoms with Crippen LogP contribution in [0.15, 0.2) is 54.9 Å². The van der Waals surface area contributed by atoms with Crippen molar-refractivity contribution in [2.45, 2.75) is 6.54 Å². The highest BCUT2D eigenvalue weighted by molar-refractivity contribution is 5.92. The largest absolute Gasteiger partial charge is 0.334 e. The molecule has 26 heavy (non-hydrogen) atoms. The van der Waals surface area contributed by atoms with Gasteiger partial charge in [-0.1, -0.05) is 24.3 Å². The van der Waals surface area contributed by atoms with Gasteiger partial charge in [0.1, 0.15) is 0 Å². The number of rotatable bonds is 5. The summed E-state index contributed by atoms with van der Waals surface area (Å²) in [6.45, 7) is 3.38. The third-order valence-corrected chi connectivity index (χ3v) is 4.25. The van der Waals surface area contributed by atoms with Gasteiger partial charge in [-0.3, -0.25) is 14.7 Å². The van der Waals surface area contributed by atoms with Crippen molar-refractivity contribution in [3.63, 3.8) is 0 Å². The van der Waals surface area contributed by atoms with Crippen molar-refractivity contribution in [2.75, 3.05) is 38.0 Å². The van der Waals surface area contributed by atoms with Crippen molar-refractivity contribution in [3.8, 4) is 0 Å². The molecule has 0 spiro atoms. The van der Waals surface area contributed by atoms with E-state index in [0.717, 1.165) is 11.3 Å². The van der Waals surface area contributed by atoms with E-state index < -0.39 is 0 Å². The fraction of sp³-hybridized carbons (Fsp3) is 0.316. The van der Waals surface area contributed by atoms with Crippen LogP contribution in [0, 0.1) is 0 Å². The van der Waals surface area contributed by atoms with E-state index in [9.17, 15) is 9.59 Å². The zero-order valence-electron chi connectivity index (χ0n) is 14.6. The van der Waals surface area contributed by atoms with Crippen LogP contribution < -0.4 is 10.6 Å². The summed E-state index contributed by atoms with van der Waals surface area (Å²) in [4.78, 5) is 32.2. The van der Waals surface area contributed by atoms with Crippen molar-refractivity contribution >= 4 is 17.6 Å². The zero-order valence-corrected chi connectivity index (χ0v) is 14.6. The van der Waals surface area contributed by atoms with Gasteiger partial charge in [-0.15, -0.1) is 0 Å². The Balaban J connectivity index is 1.38. The topological polar surface area (TPSA) is 77.6 Å². The molecule has 0 radical (unpaired) electrons. The standard InChI is InChI=1S/C19H23N5O2/c25-18(22-17-6-2-1-3-7-17)15-23-9-11-24(12-10-23)19(26)21-14-16-5-4-8-20-13-16/h1-8,13H,9-12,14-15H2,(H,21,26)(H,22,25). The van der Waals surface area contributed by atoms with E-state index in [1.54, 1.807) is 17.3 Å². The summed E-state index contributed by atoms with van der Waals surface area (Å²) in [7, 11) is 0. The number of amides is 3. The fourth-order valence-electron chi connectivity index (χ4n) is 2.83. The molecule has 2 N–H and O–H groups in total. The average molecular weight is 353 g/mol. The molecule has 3 amide bonds. The summed E-state index contributed by atoms with van der Waals surface area (Å²) < 4.78 is 0. The van der Waals surface area contributed by atoms with Crippen LogP contribution in [0.5, 0.6) is 0 Å². The monoisotopic (exact) mass is 353 g/mol. The molecule has 0 saturated carbocycles. The summed E-state index contributed by atoms with van der Waals surface area (Å²) >= 11 is 0. The lowest BCUT2D eigenvalue weighted by Gasteiger charge is -2.34. The highest BCUT2D eigenvalue weighted by Gasteiger charge is 2.22. The maximum absolute atomic E-state index is 12.2. The maximum Gasteiger partial charge on any atom is 0.317 e. The van der Waals surface area contributed by atoms with Gasteiger partial charge in [0.2, 0.25) is 5.91 Å². The Bertz CT molecular complexity index is 715. The Morgan fingerprint density at radius 1 is 1.00 bits per heavy atom. The van der Waals surface area contributed by atoms with Crippen LogP contribution in [0.4, 0.5) is 10.5 Å². The number of nitrogens with one attached hydrogen (secondary N) is 2. The van der Waals surface area contributed by atoms with Crippen molar-refractivity contribution < 1.29 is 9.59 Å². The molecule has 1 aromatic carbocycles. The minimum absolute atomic E-state index is 0.0364. The number of carbonyl (C=O) groups is 2. The molecular weight excluding hydrogens is 330 g/mol. The Kier molecular flexibility index (Phi) is 6.16. The van der Waals surface area contributed by atoms with Gasteiger partial charge in [-0.2, -0.15) is 0 Å². The van der Waals surface area contributed by atoms with Gasteiger partial charge in [-0.05, 0) is 23.8 Å². The van der Waals surface area contributed by atoms with Gasteiger partial charge in [0.05, 0.1) is 6.54 Å². The highest BCUT2D eigenvalue weighted by atomic mass is 16.2. The molecule has 2 heterocycles. The number of benzene rings is 1. The average Bonchev–Trinajstić information content (AvgIpc) is 2.68. The molecule has 0 unspecified atom stereocenters. The van der Waals surface area contributed by atoms with Crippen molar-refractivity contribution in [1.29, 1.82) is 0 Å². The second kappa shape index (κ2) is 8.96. The Morgan fingerprint density at radius 2 is 1.77 bits per heavy atom. The molecular formula is C19H23N5O2. The third kappa shape index (κ3) is 5.29. The highest BCUT2D eigenvalue weighted by Crippen LogP contribution is 2.07. The number of urea groups is 1. The summed E-state index contributed by atoms with van der Waals surface area (Å²) in [6, 6.07) is 13.1. The second-order valence-electron chi connectivity index (χ2n) is 6.20. The van der Waals surface area contributed by atoms with Crippen LogP contribution in [0.3, 0.4) is 0 Å². The molecule has 1 fully saturated rings. The van der Waals surface area contributed by atoms with Gasteiger partial charge in [0.15, 0.2) is 0 Å². The Morgan fingerprint density at radius 3 is 2.46 bits per heavy atom. The normalized spacial score (nSPS) is 14.7. The van der Waals surface area contributed by atoms with Crippen molar-refractivity contribution in [3.05, 3.63) is 60.4 Å². The summed E-state index contributed by atoms with van der Waals surface area (Å²) in [5, 5.41) is 5.79. The molecule has 0 atom stereocenters. The second-order valence-corrected chi connectivity index (χ2v) is 6.20. The number of hydrogen-bond acceptors (Lipinski definition) is 4. The Hall–Kier alpha value is -2.93. The lowest BCUT2D eigenvalue weighted by molar-refractivity contribution is -0.117. The van der Waals surface area contributed by atoms with Gasteiger partial charge in [0.25, 0.3) is 0 Å². The maximum atomic E-state index is 12.2. The number of carbonyl (C=O) groups excluding carboxylic acids is 2. The Labute approximate surface area is 153 Å². The number of nitrogens with zero attached hydrogens (tertiary/aromatic N) is 3. The minimum atomic E-state index is -0.0813. The number of pyridine rings is 1. The summed E-state index contributed by atoms with van der Waals surface area (Å²) in [5.41, 5.74) is 1.77. The minimum Gasteiger partial charge on any atom is -0.334 e. The quantitative estimate of drug-likeness (QED) is 0.855. The first-order chi connectivity index (χ1) is 12.7.